The molecular weight excluding hydrogens is 347 g/mol. The highest BCUT2D eigenvalue weighted by Crippen LogP contribution is 2.32. The topological polar surface area (TPSA) is 59.2 Å². The van der Waals surface area contributed by atoms with Gasteiger partial charge in [-0.15, -0.1) is 0 Å². The van der Waals surface area contributed by atoms with Gasteiger partial charge in [0, 0.05) is 30.3 Å². The molecule has 3 aromatic rings. The van der Waals surface area contributed by atoms with E-state index in [4.69, 9.17) is 4.52 Å². The summed E-state index contributed by atoms with van der Waals surface area (Å²) in [6.07, 6.45) is 0.115. The summed E-state index contributed by atoms with van der Waals surface area (Å²) in [5, 5.41) is 3.86. The lowest BCUT2D eigenvalue weighted by molar-refractivity contribution is -0.117. The molecule has 132 valence electrons. The Labute approximate surface area is 146 Å². The minimum absolute atomic E-state index is 0.115. The van der Waals surface area contributed by atoms with Crippen molar-refractivity contribution < 1.29 is 22.5 Å². The lowest BCUT2D eigenvalue weighted by atomic mass is 10.1. The van der Waals surface area contributed by atoms with Crippen molar-refractivity contribution in [1.29, 1.82) is 0 Å². The van der Waals surface area contributed by atoms with Crippen molar-refractivity contribution in [1.82, 2.24) is 10.1 Å². The van der Waals surface area contributed by atoms with Gasteiger partial charge in [0.25, 0.3) is 0 Å². The van der Waals surface area contributed by atoms with Crippen LogP contribution in [0, 0.1) is 17.5 Å². The first-order chi connectivity index (χ1) is 12.5. The monoisotopic (exact) mass is 359 g/mol. The second-order valence-electron chi connectivity index (χ2n) is 5.97. The fourth-order valence-corrected chi connectivity index (χ4v) is 2.89. The Hall–Kier alpha value is -3.16. The standard InChI is InChI=1S/C18H12F3N3O2/c19-12-3-1-10(2-4-12)17-22-18(26-23-17)11-7-16(25)24(9-11)13-5-6-14(20)15(21)8-13/h1-6,8,11H,7,9H2. The quantitative estimate of drug-likeness (QED) is 0.716. The molecule has 2 aromatic carbocycles. The first kappa shape index (κ1) is 16.3. The van der Waals surface area contributed by atoms with Crippen LogP contribution in [-0.4, -0.2) is 22.6 Å². The van der Waals surface area contributed by atoms with Gasteiger partial charge in [-0.2, -0.15) is 4.98 Å². The molecule has 0 N–H and O–H groups in total. The molecule has 5 nitrogen and oxygen atoms in total. The van der Waals surface area contributed by atoms with Gasteiger partial charge < -0.3 is 9.42 Å². The zero-order chi connectivity index (χ0) is 18.3. The Morgan fingerprint density at radius 2 is 1.81 bits per heavy atom. The number of aromatic nitrogens is 2. The number of anilines is 1. The molecule has 0 aliphatic carbocycles. The summed E-state index contributed by atoms with van der Waals surface area (Å²) < 4.78 is 44.7. The fourth-order valence-electron chi connectivity index (χ4n) is 2.89. The van der Waals surface area contributed by atoms with Crippen LogP contribution in [0.3, 0.4) is 0 Å². The second kappa shape index (κ2) is 6.29. The number of nitrogens with zero attached hydrogens (tertiary/aromatic N) is 3. The molecule has 4 rings (SSSR count). The maximum absolute atomic E-state index is 13.4. The van der Waals surface area contributed by atoms with Crippen molar-refractivity contribution in [2.75, 3.05) is 11.4 Å². The van der Waals surface area contributed by atoms with E-state index in [-0.39, 0.29) is 42.2 Å². The zero-order valence-corrected chi connectivity index (χ0v) is 13.3. The number of hydrogen-bond acceptors (Lipinski definition) is 4. The van der Waals surface area contributed by atoms with Crippen molar-refractivity contribution in [3.8, 4) is 11.4 Å². The SMILES string of the molecule is O=C1CC(c2nc(-c3ccc(F)cc3)no2)CN1c1ccc(F)c(F)c1. The molecule has 1 unspecified atom stereocenters. The van der Waals surface area contributed by atoms with Crippen LogP contribution >= 0.6 is 0 Å². The van der Waals surface area contributed by atoms with E-state index < -0.39 is 11.6 Å². The van der Waals surface area contributed by atoms with E-state index in [1.807, 2.05) is 0 Å². The normalized spacial score (nSPS) is 17.1. The van der Waals surface area contributed by atoms with Gasteiger partial charge in [0.05, 0.1) is 5.92 Å². The van der Waals surface area contributed by atoms with E-state index in [0.29, 0.717) is 11.4 Å². The number of carbonyl (C=O) groups excluding carboxylic acids is 1. The third kappa shape index (κ3) is 2.94. The van der Waals surface area contributed by atoms with Crippen LogP contribution in [0.15, 0.2) is 47.0 Å². The first-order valence-corrected chi connectivity index (χ1v) is 7.86. The molecule has 2 heterocycles. The van der Waals surface area contributed by atoms with Crippen LogP contribution in [0.1, 0.15) is 18.2 Å². The van der Waals surface area contributed by atoms with Gasteiger partial charge in [-0.1, -0.05) is 5.16 Å². The molecule has 1 saturated heterocycles. The third-order valence-corrected chi connectivity index (χ3v) is 4.23. The third-order valence-electron chi connectivity index (χ3n) is 4.23. The smallest absolute Gasteiger partial charge is 0.232 e. The van der Waals surface area contributed by atoms with E-state index in [2.05, 4.69) is 10.1 Å². The molecule has 0 spiro atoms. The molecule has 1 aliphatic rings. The summed E-state index contributed by atoms with van der Waals surface area (Å²) in [7, 11) is 0. The van der Waals surface area contributed by atoms with Crippen molar-refractivity contribution in [2.24, 2.45) is 0 Å². The predicted octanol–water partition coefficient (Wildman–Crippen LogP) is 3.67. The molecule has 1 fully saturated rings. The Morgan fingerprint density at radius 3 is 2.54 bits per heavy atom. The number of carbonyl (C=O) groups is 1. The molecule has 0 saturated carbocycles. The Morgan fingerprint density at radius 1 is 1.04 bits per heavy atom. The van der Waals surface area contributed by atoms with Crippen molar-refractivity contribution in [2.45, 2.75) is 12.3 Å². The van der Waals surface area contributed by atoms with E-state index >= 15 is 0 Å². The largest absolute Gasteiger partial charge is 0.339 e. The number of benzene rings is 2. The lowest BCUT2D eigenvalue weighted by Crippen LogP contribution is -2.24. The maximum atomic E-state index is 13.4. The maximum Gasteiger partial charge on any atom is 0.232 e. The van der Waals surface area contributed by atoms with Gasteiger partial charge >= 0.3 is 0 Å². The highest BCUT2D eigenvalue weighted by atomic mass is 19.2. The van der Waals surface area contributed by atoms with Gasteiger partial charge in [0.15, 0.2) is 11.6 Å². The molecular formula is C18H12F3N3O2. The summed E-state index contributed by atoms with van der Waals surface area (Å²) in [4.78, 5) is 17.9. The fraction of sp³-hybridized carbons (Fsp3) is 0.167. The highest BCUT2D eigenvalue weighted by molar-refractivity contribution is 5.96. The summed E-state index contributed by atoms with van der Waals surface area (Å²) in [5.74, 6) is -2.42. The molecule has 1 aliphatic heterocycles. The van der Waals surface area contributed by atoms with Crippen LogP contribution < -0.4 is 4.90 Å². The van der Waals surface area contributed by atoms with Crippen molar-refractivity contribution >= 4 is 11.6 Å². The summed E-state index contributed by atoms with van der Waals surface area (Å²) in [6, 6.07) is 8.92. The van der Waals surface area contributed by atoms with Crippen molar-refractivity contribution in [3.05, 3.63) is 65.8 Å². The van der Waals surface area contributed by atoms with Gasteiger partial charge in [-0.25, -0.2) is 13.2 Å². The zero-order valence-electron chi connectivity index (χ0n) is 13.3. The number of hydrogen-bond donors (Lipinski definition) is 0. The molecule has 0 radical (unpaired) electrons. The van der Waals surface area contributed by atoms with E-state index in [1.165, 1.54) is 35.2 Å². The van der Waals surface area contributed by atoms with Crippen LogP contribution in [0.25, 0.3) is 11.4 Å². The number of amides is 1. The Kier molecular flexibility index (Phi) is 3.95. The number of rotatable bonds is 3. The minimum atomic E-state index is -1.02. The van der Waals surface area contributed by atoms with Crippen LogP contribution in [0.4, 0.5) is 18.9 Å². The van der Waals surface area contributed by atoms with Crippen LogP contribution in [0.5, 0.6) is 0 Å². The second-order valence-corrected chi connectivity index (χ2v) is 5.97. The van der Waals surface area contributed by atoms with Crippen molar-refractivity contribution in [3.63, 3.8) is 0 Å². The van der Waals surface area contributed by atoms with Crippen LogP contribution in [0.2, 0.25) is 0 Å². The van der Waals surface area contributed by atoms with E-state index in [1.54, 1.807) is 0 Å². The molecule has 0 bridgehead atoms. The van der Waals surface area contributed by atoms with E-state index in [0.717, 1.165) is 12.1 Å². The van der Waals surface area contributed by atoms with Gasteiger partial charge in [0.2, 0.25) is 17.6 Å². The van der Waals surface area contributed by atoms with Crippen LogP contribution in [-0.2, 0) is 4.79 Å². The number of halogens is 3. The molecule has 1 atom stereocenters. The Bertz CT molecular complexity index is 972. The van der Waals surface area contributed by atoms with Gasteiger partial charge in [-0.3, -0.25) is 4.79 Å². The van der Waals surface area contributed by atoms with Gasteiger partial charge in [0.1, 0.15) is 5.82 Å². The summed E-state index contributed by atoms with van der Waals surface area (Å²) >= 11 is 0. The Balaban J connectivity index is 1.55. The summed E-state index contributed by atoms with van der Waals surface area (Å²) in [5.41, 5.74) is 0.859. The molecule has 8 heteroatoms. The van der Waals surface area contributed by atoms with Gasteiger partial charge in [-0.05, 0) is 36.4 Å². The average Bonchev–Trinajstić information content (AvgIpc) is 3.25. The molecule has 26 heavy (non-hydrogen) atoms. The first-order valence-electron chi connectivity index (χ1n) is 7.86. The predicted molar refractivity (Wildman–Crippen MR) is 85.8 cm³/mol. The lowest BCUT2D eigenvalue weighted by Gasteiger charge is -2.16. The highest BCUT2D eigenvalue weighted by Gasteiger charge is 2.35. The molecule has 1 amide bonds. The minimum Gasteiger partial charge on any atom is -0.339 e. The average molecular weight is 359 g/mol. The molecule has 1 aromatic heterocycles. The van der Waals surface area contributed by atoms with E-state index in [9.17, 15) is 18.0 Å². The summed E-state index contributed by atoms with van der Waals surface area (Å²) in [6.45, 7) is 0.217.